The van der Waals surface area contributed by atoms with Crippen molar-refractivity contribution < 1.29 is 13.2 Å². The molecule has 0 atom stereocenters. The zero-order valence-electron chi connectivity index (χ0n) is 11.9. The SMILES string of the molecule is CC(C)NCc1cncc(-c2cccc(C(F)(F)F)c2)c1. The number of alkyl halides is 3. The number of rotatable bonds is 4. The third-order valence-corrected chi connectivity index (χ3v) is 3.03. The van der Waals surface area contributed by atoms with E-state index in [1.807, 2.05) is 19.9 Å². The van der Waals surface area contributed by atoms with Crippen LogP contribution in [0.15, 0.2) is 42.7 Å². The summed E-state index contributed by atoms with van der Waals surface area (Å²) in [5.41, 5.74) is 1.50. The van der Waals surface area contributed by atoms with Crippen molar-refractivity contribution in [1.82, 2.24) is 10.3 Å². The fraction of sp³-hybridized carbons (Fsp3) is 0.312. The first-order chi connectivity index (χ1) is 9.86. The number of pyridine rings is 1. The normalized spacial score (nSPS) is 11.9. The van der Waals surface area contributed by atoms with Gasteiger partial charge in [0, 0.05) is 30.5 Å². The molecule has 0 bridgehead atoms. The van der Waals surface area contributed by atoms with Crippen molar-refractivity contribution in [3.8, 4) is 11.1 Å². The molecule has 0 saturated heterocycles. The van der Waals surface area contributed by atoms with Crippen LogP contribution in [0, 0.1) is 0 Å². The Hall–Kier alpha value is -1.88. The highest BCUT2D eigenvalue weighted by Crippen LogP contribution is 2.32. The van der Waals surface area contributed by atoms with Crippen LogP contribution in [0.5, 0.6) is 0 Å². The topological polar surface area (TPSA) is 24.9 Å². The number of halogens is 3. The van der Waals surface area contributed by atoms with Gasteiger partial charge in [-0.15, -0.1) is 0 Å². The molecule has 0 radical (unpaired) electrons. The van der Waals surface area contributed by atoms with Crippen LogP contribution in [0.25, 0.3) is 11.1 Å². The quantitative estimate of drug-likeness (QED) is 0.911. The summed E-state index contributed by atoms with van der Waals surface area (Å²) in [6, 6.07) is 7.49. The first-order valence-electron chi connectivity index (χ1n) is 6.71. The largest absolute Gasteiger partial charge is 0.416 e. The van der Waals surface area contributed by atoms with Crippen LogP contribution in [0.1, 0.15) is 25.0 Å². The van der Waals surface area contributed by atoms with Gasteiger partial charge in [0.15, 0.2) is 0 Å². The summed E-state index contributed by atoms with van der Waals surface area (Å²) >= 11 is 0. The van der Waals surface area contributed by atoms with Gasteiger partial charge in [0.2, 0.25) is 0 Å². The molecule has 0 aliphatic heterocycles. The van der Waals surface area contributed by atoms with Crippen molar-refractivity contribution in [1.29, 1.82) is 0 Å². The Bertz CT molecular complexity index is 606. The van der Waals surface area contributed by atoms with Crippen LogP contribution < -0.4 is 5.32 Å². The van der Waals surface area contributed by atoms with Gasteiger partial charge in [-0.2, -0.15) is 13.2 Å². The Balaban J connectivity index is 2.28. The molecular formula is C16H17F3N2. The van der Waals surface area contributed by atoms with Crippen LogP contribution in [-0.2, 0) is 12.7 Å². The average molecular weight is 294 g/mol. The van der Waals surface area contributed by atoms with Crippen LogP contribution in [0.4, 0.5) is 13.2 Å². The smallest absolute Gasteiger partial charge is 0.310 e. The van der Waals surface area contributed by atoms with E-state index in [9.17, 15) is 13.2 Å². The maximum absolute atomic E-state index is 12.7. The third kappa shape index (κ3) is 4.29. The molecule has 112 valence electrons. The maximum atomic E-state index is 12.7. The standard InChI is InChI=1S/C16H17F3N2/c1-11(2)21-9-12-6-14(10-20-8-12)13-4-3-5-15(7-13)16(17,18)19/h3-8,10-11,21H,9H2,1-2H3. The molecule has 0 spiro atoms. The van der Waals surface area contributed by atoms with Crippen molar-refractivity contribution in [3.63, 3.8) is 0 Å². The fourth-order valence-corrected chi connectivity index (χ4v) is 1.94. The van der Waals surface area contributed by atoms with Gasteiger partial charge in [-0.3, -0.25) is 4.98 Å². The molecule has 0 aliphatic carbocycles. The van der Waals surface area contributed by atoms with Gasteiger partial charge in [-0.1, -0.05) is 26.0 Å². The molecule has 0 fully saturated rings. The van der Waals surface area contributed by atoms with E-state index >= 15 is 0 Å². The lowest BCUT2D eigenvalue weighted by Crippen LogP contribution is -2.21. The lowest BCUT2D eigenvalue weighted by molar-refractivity contribution is -0.137. The highest BCUT2D eigenvalue weighted by Gasteiger charge is 2.30. The molecule has 2 aromatic rings. The first-order valence-corrected chi connectivity index (χ1v) is 6.71. The van der Waals surface area contributed by atoms with Gasteiger partial charge in [0.1, 0.15) is 0 Å². The molecule has 5 heteroatoms. The van der Waals surface area contributed by atoms with Crippen molar-refractivity contribution >= 4 is 0 Å². The molecule has 21 heavy (non-hydrogen) atoms. The van der Waals surface area contributed by atoms with E-state index in [1.165, 1.54) is 6.07 Å². The van der Waals surface area contributed by atoms with E-state index in [0.29, 0.717) is 23.7 Å². The molecule has 0 amide bonds. The summed E-state index contributed by atoms with van der Waals surface area (Å²) in [4.78, 5) is 4.11. The minimum Gasteiger partial charge on any atom is -0.310 e. The number of hydrogen-bond acceptors (Lipinski definition) is 2. The highest BCUT2D eigenvalue weighted by molar-refractivity contribution is 5.64. The molecule has 0 aliphatic rings. The van der Waals surface area contributed by atoms with Crippen LogP contribution in [-0.4, -0.2) is 11.0 Å². The summed E-state index contributed by atoms with van der Waals surface area (Å²) in [6.07, 6.45) is -1.04. The monoisotopic (exact) mass is 294 g/mol. The van der Waals surface area contributed by atoms with E-state index in [-0.39, 0.29) is 0 Å². The molecule has 1 N–H and O–H groups in total. The summed E-state index contributed by atoms with van der Waals surface area (Å²) in [6.45, 7) is 4.70. The Kier molecular flexibility index (Phi) is 4.63. The molecule has 2 rings (SSSR count). The van der Waals surface area contributed by atoms with Crippen LogP contribution >= 0.6 is 0 Å². The minimum absolute atomic E-state index is 0.335. The molecular weight excluding hydrogens is 277 g/mol. The second-order valence-electron chi connectivity index (χ2n) is 5.20. The second kappa shape index (κ2) is 6.26. The summed E-state index contributed by atoms with van der Waals surface area (Å²) in [5.74, 6) is 0. The van der Waals surface area contributed by atoms with E-state index < -0.39 is 11.7 Å². The third-order valence-electron chi connectivity index (χ3n) is 3.03. The van der Waals surface area contributed by atoms with Crippen molar-refractivity contribution in [2.45, 2.75) is 32.6 Å². The van der Waals surface area contributed by atoms with Crippen LogP contribution in [0.3, 0.4) is 0 Å². The summed E-state index contributed by atoms with van der Waals surface area (Å²) < 4.78 is 38.2. The van der Waals surface area contributed by atoms with Crippen molar-refractivity contribution in [2.75, 3.05) is 0 Å². The van der Waals surface area contributed by atoms with E-state index in [2.05, 4.69) is 10.3 Å². The zero-order valence-corrected chi connectivity index (χ0v) is 11.9. The predicted octanol–water partition coefficient (Wildman–Crippen LogP) is 4.27. The number of benzene rings is 1. The molecule has 2 nitrogen and oxygen atoms in total. The summed E-state index contributed by atoms with van der Waals surface area (Å²) in [5, 5.41) is 3.26. The molecule has 1 aromatic heterocycles. The number of nitrogens with one attached hydrogen (secondary N) is 1. The second-order valence-corrected chi connectivity index (χ2v) is 5.20. The van der Waals surface area contributed by atoms with Gasteiger partial charge in [-0.05, 0) is 29.3 Å². The van der Waals surface area contributed by atoms with E-state index in [4.69, 9.17) is 0 Å². The molecule has 1 heterocycles. The lowest BCUT2D eigenvalue weighted by Gasteiger charge is -2.11. The van der Waals surface area contributed by atoms with Crippen molar-refractivity contribution in [3.05, 3.63) is 53.9 Å². The minimum atomic E-state index is -4.33. The van der Waals surface area contributed by atoms with E-state index in [1.54, 1.807) is 18.5 Å². The van der Waals surface area contributed by atoms with Gasteiger partial charge in [-0.25, -0.2) is 0 Å². The average Bonchev–Trinajstić information content (AvgIpc) is 2.45. The van der Waals surface area contributed by atoms with Gasteiger partial charge < -0.3 is 5.32 Å². The Morgan fingerprint density at radius 2 is 1.86 bits per heavy atom. The molecule has 1 aromatic carbocycles. The lowest BCUT2D eigenvalue weighted by atomic mass is 10.0. The van der Waals surface area contributed by atoms with Gasteiger partial charge >= 0.3 is 6.18 Å². The zero-order chi connectivity index (χ0) is 15.5. The molecule has 0 unspecified atom stereocenters. The summed E-state index contributed by atoms with van der Waals surface area (Å²) in [7, 11) is 0. The Morgan fingerprint density at radius 1 is 1.10 bits per heavy atom. The Morgan fingerprint density at radius 3 is 2.52 bits per heavy atom. The molecule has 0 saturated carbocycles. The Labute approximate surface area is 122 Å². The number of aromatic nitrogens is 1. The van der Waals surface area contributed by atoms with Gasteiger partial charge in [0.05, 0.1) is 5.56 Å². The first kappa shape index (κ1) is 15.5. The number of nitrogens with zero attached hydrogens (tertiary/aromatic N) is 1. The highest BCUT2D eigenvalue weighted by atomic mass is 19.4. The van der Waals surface area contributed by atoms with Crippen molar-refractivity contribution in [2.24, 2.45) is 0 Å². The number of hydrogen-bond donors (Lipinski definition) is 1. The van der Waals surface area contributed by atoms with Gasteiger partial charge in [0.25, 0.3) is 0 Å². The predicted molar refractivity (Wildman–Crippen MR) is 76.7 cm³/mol. The van der Waals surface area contributed by atoms with E-state index in [0.717, 1.165) is 17.7 Å². The maximum Gasteiger partial charge on any atom is 0.416 e. The van der Waals surface area contributed by atoms with Crippen LogP contribution in [0.2, 0.25) is 0 Å². The fourth-order valence-electron chi connectivity index (χ4n) is 1.94.